The fourth-order valence-electron chi connectivity index (χ4n) is 1.67. The Bertz CT molecular complexity index is 586. The van der Waals surface area contributed by atoms with Crippen molar-refractivity contribution in [1.29, 1.82) is 0 Å². The number of benzene rings is 2. The van der Waals surface area contributed by atoms with Crippen molar-refractivity contribution < 1.29 is 13.2 Å². The van der Waals surface area contributed by atoms with Crippen LogP contribution in [0.2, 0.25) is 0 Å². The van der Waals surface area contributed by atoms with E-state index in [1.165, 1.54) is 18.2 Å². The Morgan fingerprint density at radius 1 is 0.889 bits per heavy atom. The molecule has 2 aromatic carbocycles. The lowest BCUT2D eigenvalue weighted by atomic mass is 9.99. The second-order valence-electron chi connectivity index (χ2n) is 3.81. The van der Waals surface area contributed by atoms with Gasteiger partial charge in [-0.1, -0.05) is 6.07 Å². The summed E-state index contributed by atoms with van der Waals surface area (Å²) in [4.78, 5) is 0. The van der Waals surface area contributed by atoms with E-state index in [1.807, 2.05) is 22.6 Å². The smallest absolute Gasteiger partial charge is 0.128 e. The van der Waals surface area contributed by atoms with Gasteiger partial charge in [0.2, 0.25) is 0 Å². The topological polar surface area (TPSA) is 26.0 Å². The molecule has 0 bridgehead atoms. The van der Waals surface area contributed by atoms with E-state index in [-0.39, 0.29) is 5.56 Å². The van der Waals surface area contributed by atoms with Crippen molar-refractivity contribution in [2.75, 3.05) is 0 Å². The molecule has 18 heavy (non-hydrogen) atoms. The molecule has 2 aromatic rings. The molecular weight excluding hydrogens is 354 g/mol. The fourth-order valence-corrected chi connectivity index (χ4v) is 2.49. The summed E-state index contributed by atoms with van der Waals surface area (Å²) in [7, 11) is 0. The van der Waals surface area contributed by atoms with Crippen molar-refractivity contribution in [3.63, 3.8) is 0 Å². The molecule has 2 N–H and O–H groups in total. The van der Waals surface area contributed by atoms with Crippen LogP contribution < -0.4 is 5.73 Å². The normalized spacial score (nSPS) is 12.5. The third-order valence-corrected chi connectivity index (χ3v) is 3.52. The van der Waals surface area contributed by atoms with Crippen LogP contribution in [0.1, 0.15) is 17.2 Å². The first kappa shape index (κ1) is 13.4. The van der Waals surface area contributed by atoms with E-state index in [0.717, 1.165) is 18.2 Å². The first-order valence-corrected chi connectivity index (χ1v) is 6.22. The molecule has 0 saturated carbocycles. The first-order valence-electron chi connectivity index (χ1n) is 5.14. The van der Waals surface area contributed by atoms with Crippen LogP contribution in [0, 0.1) is 21.0 Å². The molecule has 1 unspecified atom stereocenters. The quantitative estimate of drug-likeness (QED) is 0.809. The van der Waals surface area contributed by atoms with Gasteiger partial charge in [0.25, 0.3) is 0 Å². The molecule has 2 rings (SSSR count). The van der Waals surface area contributed by atoms with Crippen molar-refractivity contribution in [3.05, 3.63) is 68.5 Å². The van der Waals surface area contributed by atoms with Gasteiger partial charge in [-0.15, -0.1) is 0 Å². The molecule has 0 aliphatic carbocycles. The minimum atomic E-state index is -0.826. The van der Waals surface area contributed by atoms with Gasteiger partial charge in [-0.25, -0.2) is 13.2 Å². The molecule has 1 nitrogen and oxygen atoms in total. The lowest BCUT2D eigenvalue weighted by Crippen LogP contribution is -2.15. The van der Waals surface area contributed by atoms with Gasteiger partial charge >= 0.3 is 0 Å². The van der Waals surface area contributed by atoms with Crippen LogP contribution in [0.5, 0.6) is 0 Å². The maximum atomic E-state index is 13.6. The zero-order valence-electron chi connectivity index (χ0n) is 9.13. The largest absolute Gasteiger partial charge is 0.320 e. The Morgan fingerprint density at radius 3 is 2.17 bits per heavy atom. The standard InChI is InChI=1S/C13H9F3IN/c14-7-2-4-11(16)10(5-7)13(18)9-3-1-8(15)6-12(9)17/h1-6,13H,18H2. The summed E-state index contributed by atoms with van der Waals surface area (Å²) >= 11 is 1.91. The van der Waals surface area contributed by atoms with Gasteiger partial charge in [0.15, 0.2) is 0 Å². The predicted molar refractivity (Wildman–Crippen MR) is 71.5 cm³/mol. The summed E-state index contributed by atoms with van der Waals surface area (Å²) in [5, 5.41) is 0. The summed E-state index contributed by atoms with van der Waals surface area (Å²) in [6.07, 6.45) is 0. The highest BCUT2D eigenvalue weighted by atomic mass is 127. The molecule has 0 fully saturated rings. The lowest BCUT2D eigenvalue weighted by molar-refractivity contribution is 0.575. The average molecular weight is 363 g/mol. The van der Waals surface area contributed by atoms with E-state index in [1.54, 1.807) is 0 Å². The minimum Gasteiger partial charge on any atom is -0.320 e. The minimum absolute atomic E-state index is 0.0551. The summed E-state index contributed by atoms with van der Waals surface area (Å²) in [6, 6.07) is 6.31. The zero-order valence-corrected chi connectivity index (χ0v) is 11.3. The number of rotatable bonds is 2. The van der Waals surface area contributed by atoms with Gasteiger partial charge < -0.3 is 5.73 Å². The molecule has 0 aliphatic rings. The predicted octanol–water partition coefficient (Wildman–Crippen LogP) is 3.76. The first-order chi connectivity index (χ1) is 8.49. The maximum Gasteiger partial charge on any atom is 0.128 e. The van der Waals surface area contributed by atoms with Gasteiger partial charge in [-0.05, 0) is 58.5 Å². The van der Waals surface area contributed by atoms with Crippen molar-refractivity contribution in [1.82, 2.24) is 0 Å². The molecule has 0 radical (unpaired) electrons. The van der Waals surface area contributed by atoms with Gasteiger partial charge in [-0.3, -0.25) is 0 Å². The van der Waals surface area contributed by atoms with Gasteiger partial charge in [-0.2, -0.15) is 0 Å². The number of hydrogen-bond donors (Lipinski definition) is 1. The summed E-state index contributed by atoms with van der Waals surface area (Å²) < 4.78 is 40.2. The molecule has 1 atom stereocenters. The molecule has 5 heteroatoms. The van der Waals surface area contributed by atoms with Crippen LogP contribution in [0.4, 0.5) is 13.2 Å². The van der Waals surface area contributed by atoms with E-state index in [9.17, 15) is 13.2 Å². The van der Waals surface area contributed by atoms with Crippen molar-refractivity contribution in [3.8, 4) is 0 Å². The Kier molecular flexibility index (Phi) is 3.91. The van der Waals surface area contributed by atoms with E-state index < -0.39 is 23.5 Å². The molecule has 0 aromatic heterocycles. The number of nitrogens with two attached hydrogens (primary N) is 1. The van der Waals surface area contributed by atoms with E-state index in [0.29, 0.717) is 9.13 Å². The highest BCUT2D eigenvalue weighted by molar-refractivity contribution is 14.1. The SMILES string of the molecule is NC(c1cc(F)ccc1F)c1ccc(F)cc1I. The van der Waals surface area contributed by atoms with Crippen molar-refractivity contribution >= 4 is 22.6 Å². The Labute approximate surface area is 116 Å². The van der Waals surface area contributed by atoms with E-state index in [4.69, 9.17) is 5.73 Å². The molecule has 0 aliphatic heterocycles. The summed E-state index contributed by atoms with van der Waals surface area (Å²) in [5.41, 5.74) is 6.52. The van der Waals surface area contributed by atoms with Crippen molar-refractivity contribution in [2.24, 2.45) is 5.73 Å². The van der Waals surface area contributed by atoms with E-state index in [2.05, 4.69) is 0 Å². The van der Waals surface area contributed by atoms with E-state index >= 15 is 0 Å². The fraction of sp³-hybridized carbons (Fsp3) is 0.0769. The van der Waals surface area contributed by atoms with Crippen LogP contribution in [-0.2, 0) is 0 Å². The Balaban J connectivity index is 2.47. The summed E-state index contributed by atoms with van der Waals surface area (Å²) in [5.74, 6) is -1.53. The van der Waals surface area contributed by atoms with Gasteiger partial charge in [0.1, 0.15) is 17.5 Å². The molecule has 0 spiro atoms. The molecular formula is C13H9F3IN. The average Bonchev–Trinajstić information content (AvgIpc) is 2.31. The van der Waals surface area contributed by atoms with Crippen LogP contribution in [0.25, 0.3) is 0 Å². The second kappa shape index (κ2) is 5.27. The van der Waals surface area contributed by atoms with Crippen LogP contribution >= 0.6 is 22.6 Å². The second-order valence-corrected chi connectivity index (χ2v) is 4.97. The maximum absolute atomic E-state index is 13.6. The number of hydrogen-bond acceptors (Lipinski definition) is 1. The summed E-state index contributed by atoms with van der Waals surface area (Å²) in [6.45, 7) is 0. The zero-order chi connectivity index (χ0) is 13.3. The molecule has 0 amide bonds. The Hall–Kier alpha value is -1.08. The monoisotopic (exact) mass is 363 g/mol. The third kappa shape index (κ3) is 2.67. The van der Waals surface area contributed by atoms with Gasteiger partial charge in [0.05, 0.1) is 6.04 Å². The highest BCUT2D eigenvalue weighted by Gasteiger charge is 2.17. The lowest BCUT2D eigenvalue weighted by Gasteiger charge is -2.15. The van der Waals surface area contributed by atoms with Gasteiger partial charge in [0, 0.05) is 9.13 Å². The molecule has 0 saturated heterocycles. The van der Waals surface area contributed by atoms with Crippen LogP contribution in [0.3, 0.4) is 0 Å². The molecule has 0 heterocycles. The Morgan fingerprint density at radius 2 is 1.50 bits per heavy atom. The van der Waals surface area contributed by atoms with Crippen molar-refractivity contribution in [2.45, 2.75) is 6.04 Å². The van der Waals surface area contributed by atoms with Crippen LogP contribution in [0.15, 0.2) is 36.4 Å². The van der Waals surface area contributed by atoms with Crippen LogP contribution in [-0.4, -0.2) is 0 Å². The highest BCUT2D eigenvalue weighted by Crippen LogP contribution is 2.27. The third-order valence-electron chi connectivity index (χ3n) is 2.59. The molecule has 94 valence electrons. The number of halogens is 4.